The van der Waals surface area contributed by atoms with Gasteiger partial charge < -0.3 is 20.5 Å². The standard InChI is InChI=1S/C21H24ClN5O2/c1-13(2)18(12-28)26-21-25-16(14-6-8-23-9-7-14)11-20(27-21)24-17-10-15(22)4-5-19(17)29-3/h4-11,13,18,28H,12H2,1-3H3,(H2,24,25,26,27)/t18-/m1/s1. The molecule has 7 nitrogen and oxygen atoms in total. The van der Waals surface area contributed by atoms with E-state index in [4.69, 9.17) is 16.3 Å². The van der Waals surface area contributed by atoms with E-state index in [1.54, 1.807) is 37.7 Å². The first-order chi connectivity index (χ1) is 14.0. The Balaban J connectivity index is 2.01. The van der Waals surface area contributed by atoms with Crippen molar-refractivity contribution in [1.82, 2.24) is 15.0 Å². The van der Waals surface area contributed by atoms with Crippen LogP contribution in [0.5, 0.6) is 5.75 Å². The lowest BCUT2D eigenvalue weighted by Crippen LogP contribution is -2.30. The zero-order valence-electron chi connectivity index (χ0n) is 16.6. The van der Waals surface area contributed by atoms with Crippen molar-refractivity contribution >= 4 is 29.1 Å². The Morgan fingerprint density at radius 2 is 1.86 bits per heavy atom. The summed E-state index contributed by atoms with van der Waals surface area (Å²) in [4.78, 5) is 13.2. The predicted molar refractivity (Wildman–Crippen MR) is 116 cm³/mol. The van der Waals surface area contributed by atoms with Crippen LogP contribution in [-0.4, -0.2) is 39.8 Å². The number of hydrogen-bond donors (Lipinski definition) is 3. The number of nitrogens with one attached hydrogen (secondary N) is 2. The molecule has 3 rings (SSSR count). The molecule has 0 spiro atoms. The number of aliphatic hydroxyl groups is 1. The second-order valence-electron chi connectivity index (χ2n) is 6.84. The van der Waals surface area contributed by atoms with Crippen LogP contribution < -0.4 is 15.4 Å². The minimum absolute atomic E-state index is 0.0224. The van der Waals surface area contributed by atoms with E-state index in [0.29, 0.717) is 33.9 Å². The van der Waals surface area contributed by atoms with Gasteiger partial charge in [-0.3, -0.25) is 4.98 Å². The first-order valence-corrected chi connectivity index (χ1v) is 9.65. The summed E-state index contributed by atoms with van der Waals surface area (Å²) in [6.45, 7) is 4.03. The Morgan fingerprint density at radius 1 is 1.10 bits per heavy atom. The van der Waals surface area contributed by atoms with E-state index in [0.717, 1.165) is 5.56 Å². The van der Waals surface area contributed by atoms with Gasteiger partial charge in [-0.1, -0.05) is 25.4 Å². The highest BCUT2D eigenvalue weighted by atomic mass is 35.5. The molecule has 0 bridgehead atoms. The van der Waals surface area contributed by atoms with Gasteiger partial charge in [-0.25, -0.2) is 4.98 Å². The molecule has 2 heterocycles. The summed E-state index contributed by atoms with van der Waals surface area (Å²) in [5.41, 5.74) is 2.30. The molecule has 2 aromatic heterocycles. The molecule has 1 aromatic carbocycles. The van der Waals surface area contributed by atoms with Crippen molar-refractivity contribution in [2.24, 2.45) is 5.92 Å². The van der Waals surface area contributed by atoms with Crippen molar-refractivity contribution in [3.63, 3.8) is 0 Å². The molecule has 8 heteroatoms. The van der Waals surface area contributed by atoms with Gasteiger partial charge in [-0.15, -0.1) is 0 Å². The Morgan fingerprint density at radius 3 is 2.52 bits per heavy atom. The largest absolute Gasteiger partial charge is 0.495 e. The molecule has 0 aliphatic carbocycles. The highest BCUT2D eigenvalue weighted by Crippen LogP contribution is 2.31. The molecule has 1 atom stereocenters. The van der Waals surface area contributed by atoms with E-state index in [9.17, 15) is 5.11 Å². The maximum atomic E-state index is 9.67. The summed E-state index contributed by atoms with van der Waals surface area (Å²) < 4.78 is 5.41. The van der Waals surface area contributed by atoms with Gasteiger partial charge >= 0.3 is 0 Å². The first-order valence-electron chi connectivity index (χ1n) is 9.27. The normalized spacial score (nSPS) is 11.9. The quantitative estimate of drug-likeness (QED) is 0.504. The van der Waals surface area contributed by atoms with Crippen LogP contribution in [0.4, 0.5) is 17.5 Å². The van der Waals surface area contributed by atoms with Crippen LogP contribution in [0.3, 0.4) is 0 Å². The molecule has 3 N–H and O–H groups in total. The van der Waals surface area contributed by atoms with Crippen LogP contribution in [0.15, 0.2) is 48.8 Å². The number of methoxy groups -OCH3 is 1. The molecule has 152 valence electrons. The van der Waals surface area contributed by atoms with Gasteiger partial charge in [0.25, 0.3) is 0 Å². The average Bonchev–Trinajstić information content (AvgIpc) is 2.72. The molecule has 0 unspecified atom stereocenters. The number of rotatable bonds is 8. The van der Waals surface area contributed by atoms with Crippen molar-refractivity contribution in [3.8, 4) is 17.0 Å². The number of benzene rings is 1. The van der Waals surface area contributed by atoms with Crippen molar-refractivity contribution in [2.45, 2.75) is 19.9 Å². The van der Waals surface area contributed by atoms with E-state index < -0.39 is 0 Å². The first kappa shape index (κ1) is 20.8. The van der Waals surface area contributed by atoms with Gasteiger partial charge in [-0.2, -0.15) is 4.98 Å². The number of aliphatic hydroxyl groups excluding tert-OH is 1. The number of aromatic nitrogens is 3. The summed E-state index contributed by atoms with van der Waals surface area (Å²) in [6.07, 6.45) is 3.42. The van der Waals surface area contributed by atoms with Crippen LogP contribution in [0.1, 0.15) is 13.8 Å². The number of anilines is 3. The van der Waals surface area contributed by atoms with E-state index >= 15 is 0 Å². The van der Waals surface area contributed by atoms with Gasteiger partial charge in [-0.05, 0) is 36.2 Å². The number of nitrogens with zero attached hydrogens (tertiary/aromatic N) is 3. The lowest BCUT2D eigenvalue weighted by molar-refractivity contribution is 0.248. The van der Waals surface area contributed by atoms with Gasteiger partial charge in [0.15, 0.2) is 0 Å². The highest BCUT2D eigenvalue weighted by Gasteiger charge is 2.16. The summed E-state index contributed by atoms with van der Waals surface area (Å²) in [5, 5.41) is 16.7. The zero-order valence-corrected chi connectivity index (χ0v) is 17.3. The number of ether oxygens (including phenoxy) is 1. The molecule has 0 amide bonds. The van der Waals surface area contributed by atoms with Crippen LogP contribution in [0.2, 0.25) is 5.02 Å². The van der Waals surface area contributed by atoms with Gasteiger partial charge in [0.1, 0.15) is 11.6 Å². The smallest absolute Gasteiger partial charge is 0.225 e. The van der Waals surface area contributed by atoms with Crippen LogP contribution >= 0.6 is 11.6 Å². The van der Waals surface area contributed by atoms with Gasteiger partial charge in [0.2, 0.25) is 5.95 Å². The minimum Gasteiger partial charge on any atom is -0.495 e. The molecule has 0 saturated heterocycles. The van der Waals surface area contributed by atoms with Crippen molar-refractivity contribution < 1.29 is 9.84 Å². The Labute approximate surface area is 175 Å². The molecule has 29 heavy (non-hydrogen) atoms. The third kappa shape index (κ3) is 5.34. The Bertz CT molecular complexity index is 953. The number of hydrogen-bond acceptors (Lipinski definition) is 7. The summed E-state index contributed by atoms with van der Waals surface area (Å²) in [5.74, 6) is 1.83. The maximum absolute atomic E-state index is 9.67. The Kier molecular flexibility index (Phi) is 6.85. The SMILES string of the molecule is COc1ccc(Cl)cc1Nc1cc(-c2ccncc2)nc(N[C@H](CO)C(C)C)n1. The van der Waals surface area contributed by atoms with Crippen molar-refractivity contribution in [3.05, 3.63) is 53.8 Å². The molecular formula is C21H24ClN5O2. The van der Waals surface area contributed by atoms with E-state index in [1.807, 2.05) is 32.0 Å². The third-order valence-electron chi connectivity index (χ3n) is 4.44. The highest BCUT2D eigenvalue weighted by molar-refractivity contribution is 6.31. The van der Waals surface area contributed by atoms with E-state index in [2.05, 4.69) is 25.6 Å². The van der Waals surface area contributed by atoms with Crippen LogP contribution in [0.25, 0.3) is 11.3 Å². The maximum Gasteiger partial charge on any atom is 0.225 e. The summed E-state index contributed by atoms with van der Waals surface area (Å²) in [7, 11) is 1.60. The number of halogens is 1. The van der Waals surface area contributed by atoms with E-state index in [-0.39, 0.29) is 18.6 Å². The van der Waals surface area contributed by atoms with Crippen LogP contribution in [0, 0.1) is 5.92 Å². The monoisotopic (exact) mass is 413 g/mol. The average molecular weight is 414 g/mol. The molecular weight excluding hydrogens is 390 g/mol. The zero-order chi connectivity index (χ0) is 20.8. The number of pyridine rings is 1. The Hall–Kier alpha value is -2.90. The molecule has 0 radical (unpaired) electrons. The topological polar surface area (TPSA) is 92.2 Å². The van der Waals surface area contributed by atoms with Crippen molar-refractivity contribution in [1.29, 1.82) is 0 Å². The van der Waals surface area contributed by atoms with Crippen molar-refractivity contribution in [2.75, 3.05) is 24.4 Å². The van der Waals surface area contributed by atoms with Crippen LogP contribution in [-0.2, 0) is 0 Å². The van der Waals surface area contributed by atoms with Gasteiger partial charge in [0.05, 0.1) is 31.1 Å². The fourth-order valence-corrected chi connectivity index (χ4v) is 2.92. The molecule has 0 fully saturated rings. The van der Waals surface area contributed by atoms with Gasteiger partial charge in [0, 0.05) is 29.0 Å². The lowest BCUT2D eigenvalue weighted by Gasteiger charge is -2.21. The van der Waals surface area contributed by atoms with E-state index in [1.165, 1.54) is 0 Å². The fraction of sp³-hybridized carbons (Fsp3) is 0.286. The fourth-order valence-electron chi connectivity index (χ4n) is 2.75. The predicted octanol–water partition coefficient (Wildman–Crippen LogP) is 4.37. The second kappa shape index (κ2) is 9.54. The second-order valence-corrected chi connectivity index (χ2v) is 7.28. The molecule has 0 aliphatic rings. The lowest BCUT2D eigenvalue weighted by atomic mass is 10.1. The molecule has 3 aromatic rings. The molecule has 0 aliphatic heterocycles. The molecule has 0 saturated carbocycles. The summed E-state index contributed by atoms with van der Waals surface area (Å²) >= 11 is 6.15. The third-order valence-corrected chi connectivity index (χ3v) is 4.68. The minimum atomic E-state index is -0.170. The summed E-state index contributed by atoms with van der Waals surface area (Å²) in [6, 6.07) is 10.7.